The van der Waals surface area contributed by atoms with Crippen LogP contribution in [0.2, 0.25) is 0 Å². The van der Waals surface area contributed by atoms with Gasteiger partial charge in [-0.05, 0) is 56.7 Å². The Morgan fingerprint density at radius 1 is 1.15 bits per heavy atom. The van der Waals surface area contributed by atoms with Crippen molar-refractivity contribution in [2.24, 2.45) is 5.16 Å². The summed E-state index contributed by atoms with van der Waals surface area (Å²) in [6.45, 7) is 5.94. The molecule has 0 aliphatic heterocycles. The average Bonchev–Trinajstić information content (AvgIpc) is 2.61. The Bertz CT molecular complexity index is 785. The van der Waals surface area contributed by atoms with Crippen LogP contribution in [0.4, 0.5) is 5.69 Å². The maximum atomic E-state index is 10.6. The predicted octanol–water partition coefficient (Wildman–Crippen LogP) is 4.33. The molecule has 0 heterocycles. The van der Waals surface area contributed by atoms with Crippen molar-refractivity contribution in [3.8, 4) is 11.5 Å². The van der Waals surface area contributed by atoms with E-state index in [9.17, 15) is 10.1 Å². The number of nitro groups is 1. The summed E-state index contributed by atoms with van der Waals surface area (Å²) >= 11 is 0. The van der Waals surface area contributed by atoms with E-state index in [1.165, 1.54) is 12.1 Å². The van der Waals surface area contributed by atoms with Gasteiger partial charge in [-0.2, -0.15) is 0 Å². The van der Waals surface area contributed by atoms with Gasteiger partial charge < -0.3 is 14.3 Å². The van der Waals surface area contributed by atoms with E-state index in [4.69, 9.17) is 14.3 Å². The molecule has 0 unspecified atom stereocenters. The lowest BCUT2D eigenvalue weighted by atomic mass is 10.1. The number of methoxy groups -OCH3 is 1. The topological polar surface area (TPSA) is 83.2 Å². The Morgan fingerprint density at radius 2 is 1.85 bits per heavy atom. The quantitative estimate of drug-likeness (QED) is 0.398. The van der Waals surface area contributed by atoms with E-state index in [2.05, 4.69) is 5.16 Å². The summed E-state index contributed by atoms with van der Waals surface area (Å²) in [7, 11) is 1.59. The highest BCUT2D eigenvalue weighted by Crippen LogP contribution is 2.29. The van der Waals surface area contributed by atoms with Crippen LogP contribution in [-0.4, -0.2) is 23.8 Å². The minimum absolute atomic E-state index is 0.0229. The zero-order chi connectivity index (χ0) is 19.1. The maximum absolute atomic E-state index is 10.6. The normalized spacial score (nSPS) is 11.3. The smallest absolute Gasteiger partial charge is 0.269 e. The third kappa shape index (κ3) is 5.20. The molecule has 0 bridgehead atoms. The standard InChI is InChI=1S/C19H22N2O5/c1-13(2)26-19-11-16(7-10-18(19)24-4)14(3)20-25-12-15-5-8-17(9-6-15)21(22)23/h5-11,13H,12H2,1-4H3/b20-14+. The first-order valence-electron chi connectivity index (χ1n) is 8.15. The van der Waals surface area contributed by atoms with Crippen molar-refractivity contribution in [1.82, 2.24) is 0 Å². The second kappa shape index (κ2) is 8.84. The van der Waals surface area contributed by atoms with Gasteiger partial charge >= 0.3 is 0 Å². The van der Waals surface area contributed by atoms with Crippen molar-refractivity contribution < 1.29 is 19.2 Å². The third-order valence-electron chi connectivity index (χ3n) is 3.52. The minimum Gasteiger partial charge on any atom is -0.493 e. The molecule has 7 heteroatoms. The van der Waals surface area contributed by atoms with Gasteiger partial charge in [-0.1, -0.05) is 5.16 Å². The van der Waals surface area contributed by atoms with E-state index in [-0.39, 0.29) is 18.4 Å². The van der Waals surface area contributed by atoms with Crippen LogP contribution in [0, 0.1) is 10.1 Å². The summed E-state index contributed by atoms with van der Waals surface area (Å²) in [4.78, 5) is 15.6. The molecule has 0 spiro atoms. The molecule has 138 valence electrons. The summed E-state index contributed by atoms with van der Waals surface area (Å²) < 4.78 is 11.1. The van der Waals surface area contributed by atoms with Crippen molar-refractivity contribution in [1.29, 1.82) is 0 Å². The number of ether oxygens (including phenoxy) is 2. The van der Waals surface area contributed by atoms with Crippen molar-refractivity contribution in [3.63, 3.8) is 0 Å². The van der Waals surface area contributed by atoms with E-state index in [1.54, 1.807) is 19.2 Å². The Kier molecular flexibility index (Phi) is 6.54. The van der Waals surface area contributed by atoms with Crippen LogP contribution < -0.4 is 9.47 Å². The first-order valence-corrected chi connectivity index (χ1v) is 8.15. The molecule has 0 saturated heterocycles. The minimum atomic E-state index is -0.437. The van der Waals surface area contributed by atoms with E-state index >= 15 is 0 Å². The van der Waals surface area contributed by atoms with Crippen LogP contribution >= 0.6 is 0 Å². The number of hydrogen-bond donors (Lipinski definition) is 0. The van der Waals surface area contributed by atoms with Gasteiger partial charge in [0.25, 0.3) is 5.69 Å². The van der Waals surface area contributed by atoms with Crippen molar-refractivity contribution >= 4 is 11.4 Å². The van der Waals surface area contributed by atoms with Crippen LogP contribution in [-0.2, 0) is 11.4 Å². The van der Waals surface area contributed by atoms with Gasteiger partial charge in [0.15, 0.2) is 11.5 Å². The first kappa shape index (κ1) is 19.2. The second-order valence-corrected chi connectivity index (χ2v) is 5.91. The van der Waals surface area contributed by atoms with Crippen LogP contribution in [0.5, 0.6) is 11.5 Å². The fourth-order valence-electron chi connectivity index (χ4n) is 2.22. The monoisotopic (exact) mass is 358 g/mol. The molecule has 26 heavy (non-hydrogen) atoms. The zero-order valence-electron chi connectivity index (χ0n) is 15.3. The summed E-state index contributed by atoms with van der Waals surface area (Å²) in [6, 6.07) is 11.7. The molecule has 0 saturated carbocycles. The number of non-ortho nitro benzene ring substituents is 1. The SMILES string of the molecule is COc1ccc(/C(C)=N/OCc2ccc([N+](=O)[O-])cc2)cc1OC(C)C. The van der Waals surface area contributed by atoms with E-state index in [1.807, 2.05) is 39.0 Å². The van der Waals surface area contributed by atoms with Gasteiger partial charge in [0, 0.05) is 17.7 Å². The summed E-state index contributed by atoms with van der Waals surface area (Å²) in [6.07, 6.45) is 0.0229. The number of hydrogen-bond acceptors (Lipinski definition) is 6. The molecule has 0 N–H and O–H groups in total. The van der Waals surface area contributed by atoms with Gasteiger partial charge in [-0.25, -0.2) is 0 Å². The van der Waals surface area contributed by atoms with E-state index in [0.29, 0.717) is 17.2 Å². The average molecular weight is 358 g/mol. The van der Waals surface area contributed by atoms with Gasteiger partial charge in [0.2, 0.25) is 0 Å². The largest absolute Gasteiger partial charge is 0.493 e. The van der Waals surface area contributed by atoms with E-state index < -0.39 is 4.92 Å². The van der Waals surface area contributed by atoms with Crippen LogP contribution in [0.1, 0.15) is 31.9 Å². The highest BCUT2D eigenvalue weighted by atomic mass is 16.6. The zero-order valence-corrected chi connectivity index (χ0v) is 15.3. The summed E-state index contributed by atoms with van der Waals surface area (Å²) in [5.41, 5.74) is 2.38. The Labute approximate surface area is 152 Å². The molecule has 2 rings (SSSR count). The number of nitrogens with zero attached hydrogens (tertiary/aromatic N) is 2. The Hall–Kier alpha value is -3.09. The van der Waals surface area contributed by atoms with E-state index in [0.717, 1.165) is 11.1 Å². The number of benzene rings is 2. The molecule has 0 aliphatic rings. The van der Waals surface area contributed by atoms with Gasteiger partial charge in [-0.3, -0.25) is 10.1 Å². The van der Waals surface area contributed by atoms with Crippen molar-refractivity contribution in [2.75, 3.05) is 7.11 Å². The Morgan fingerprint density at radius 3 is 2.42 bits per heavy atom. The number of nitro benzene ring substituents is 1. The molecule has 0 fully saturated rings. The molecule has 0 amide bonds. The van der Waals surface area contributed by atoms with Crippen LogP contribution in [0.25, 0.3) is 0 Å². The molecule has 2 aromatic carbocycles. The maximum Gasteiger partial charge on any atom is 0.269 e. The fourth-order valence-corrected chi connectivity index (χ4v) is 2.22. The molecule has 0 aromatic heterocycles. The summed E-state index contributed by atoms with van der Waals surface area (Å²) in [5.74, 6) is 1.30. The molecule has 2 aromatic rings. The third-order valence-corrected chi connectivity index (χ3v) is 3.52. The summed E-state index contributed by atoms with van der Waals surface area (Å²) in [5, 5.41) is 14.8. The van der Waals surface area contributed by atoms with Gasteiger partial charge in [0.05, 0.1) is 23.8 Å². The molecule has 0 atom stereocenters. The highest BCUT2D eigenvalue weighted by molar-refractivity contribution is 5.98. The fraction of sp³-hybridized carbons (Fsp3) is 0.316. The number of oxime groups is 1. The molecule has 0 radical (unpaired) electrons. The van der Waals surface area contributed by atoms with Gasteiger partial charge in [-0.15, -0.1) is 0 Å². The van der Waals surface area contributed by atoms with Crippen molar-refractivity contribution in [2.45, 2.75) is 33.5 Å². The lowest BCUT2D eigenvalue weighted by Gasteiger charge is -2.14. The van der Waals surface area contributed by atoms with Crippen LogP contribution in [0.15, 0.2) is 47.6 Å². The van der Waals surface area contributed by atoms with Crippen LogP contribution in [0.3, 0.4) is 0 Å². The van der Waals surface area contributed by atoms with Crippen molar-refractivity contribution in [3.05, 3.63) is 63.7 Å². The molecule has 0 aliphatic carbocycles. The lowest BCUT2D eigenvalue weighted by molar-refractivity contribution is -0.384. The molecular weight excluding hydrogens is 336 g/mol. The second-order valence-electron chi connectivity index (χ2n) is 5.91. The molecule has 7 nitrogen and oxygen atoms in total. The lowest BCUT2D eigenvalue weighted by Crippen LogP contribution is -2.08. The first-order chi connectivity index (χ1) is 12.4. The van der Waals surface area contributed by atoms with Gasteiger partial charge in [0.1, 0.15) is 6.61 Å². The predicted molar refractivity (Wildman–Crippen MR) is 98.9 cm³/mol. The molecular formula is C19H22N2O5. The highest BCUT2D eigenvalue weighted by Gasteiger charge is 2.10. The Balaban J connectivity index is 2.05. The number of rotatable bonds is 8.